The number of nitrogens with one attached hydrogen (secondary N) is 2. The molecule has 0 radical (unpaired) electrons. The second-order valence-corrected chi connectivity index (χ2v) is 3.68. The van der Waals surface area contributed by atoms with Gasteiger partial charge < -0.3 is 20.5 Å². The maximum atomic E-state index is 11.3. The number of hydrogen-bond acceptors (Lipinski definition) is 4. The number of phenols is 1. The Morgan fingerprint density at radius 2 is 2.18 bits per heavy atom. The lowest BCUT2D eigenvalue weighted by molar-refractivity contribution is -0.128. The third-order valence-electron chi connectivity index (χ3n) is 2.40. The van der Waals surface area contributed by atoms with Crippen LogP contribution in [0.4, 0.5) is 4.79 Å². The first kappa shape index (κ1) is 11.3. The first-order chi connectivity index (χ1) is 8.15. The lowest BCUT2D eigenvalue weighted by Gasteiger charge is -2.26. The fraction of sp³-hybridized carbons (Fsp3) is 0.273. The van der Waals surface area contributed by atoms with Crippen LogP contribution in [-0.4, -0.2) is 29.7 Å². The van der Waals surface area contributed by atoms with Crippen molar-refractivity contribution in [3.8, 4) is 5.75 Å². The third kappa shape index (κ3) is 2.87. The summed E-state index contributed by atoms with van der Waals surface area (Å²) in [6, 6.07) is 5.84. The number of alkyl carbamates (subject to hydrolysis) is 1. The van der Waals surface area contributed by atoms with Crippen molar-refractivity contribution in [3.63, 3.8) is 0 Å². The van der Waals surface area contributed by atoms with Gasteiger partial charge in [0.05, 0.1) is 0 Å². The SMILES string of the molecule is O=C(N[C@H]1CNC1=O)OCc1ccc(O)cc1. The summed E-state index contributed by atoms with van der Waals surface area (Å²) in [5, 5.41) is 14.0. The highest BCUT2D eigenvalue weighted by Crippen LogP contribution is 2.10. The molecule has 1 aliphatic heterocycles. The van der Waals surface area contributed by atoms with Gasteiger partial charge in [-0.2, -0.15) is 0 Å². The highest BCUT2D eigenvalue weighted by molar-refractivity contribution is 5.90. The van der Waals surface area contributed by atoms with E-state index in [9.17, 15) is 9.59 Å². The molecule has 0 aromatic heterocycles. The Bertz CT molecular complexity index is 430. The molecule has 1 saturated heterocycles. The zero-order chi connectivity index (χ0) is 12.3. The third-order valence-corrected chi connectivity index (χ3v) is 2.40. The molecule has 6 heteroatoms. The van der Waals surface area contributed by atoms with E-state index in [-0.39, 0.29) is 18.3 Å². The normalized spacial score (nSPS) is 17.9. The molecule has 1 aromatic carbocycles. The second-order valence-electron chi connectivity index (χ2n) is 3.68. The van der Waals surface area contributed by atoms with E-state index in [0.717, 1.165) is 5.56 Å². The van der Waals surface area contributed by atoms with E-state index in [1.807, 2.05) is 0 Å². The summed E-state index contributed by atoms with van der Waals surface area (Å²) in [6.45, 7) is 0.535. The Morgan fingerprint density at radius 3 is 2.71 bits per heavy atom. The van der Waals surface area contributed by atoms with E-state index >= 15 is 0 Å². The smallest absolute Gasteiger partial charge is 0.408 e. The predicted molar refractivity (Wildman–Crippen MR) is 58.2 cm³/mol. The van der Waals surface area contributed by atoms with Crippen molar-refractivity contribution in [2.75, 3.05) is 6.54 Å². The lowest BCUT2D eigenvalue weighted by atomic mass is 10.2. The molecule has 0 bridgehead atoms. The van der Waals surface area contributed by atoms with Gasteiger partial charge >= 0.3 is 6.09 Å². The quantitative estimate of drug-likeness (QED) is 0.650. The minimum Gasteiger partial charge on any atom is -0.508 e. The molecule has 1 atom stereocenters. The number of hydrogen-bond donors (Lipinski definition) is 3. The average Bonchev–Trinajstić information content (AvgIpc) is 2.33. The van der Waals surface area contributed by atoms with E-state index in [1.165, 1.54) is 12.1 Å². The molecule has 1 aliphatic rings. The first-order valence-electron chi connectivity index (χ1n) is 5.14. The summed E-state index contributed by atoms with van der Waals surface area (Å²) in [7, 11) is 0. The van der Waals surface area contributed by atoms with Crippen molar-refractivity contribution >= 4 is 12.0 Å². The monoisotopic (exact) mass is 236 g/mol. The Morgan fingerprint density at radius 1 is 1.47 bits per heavy atom. The molecule has 0 spiro atoms. The van der Waals surface area contributed by atoms with Crippen molar-refractivity contribution in [2.24, 2.45) is 0 Å². The molecule has 17 heavy (non-hydrogen) atoms. The molecule has 2 amide bonds. The Labute approximate surface area is 97.6 Å². The first-order valence-corrected chi connectivity index (χ1v) is 5.14. The van der Waals surface area contributed by atoms with Crippen LogP contribution in [0.2, 0.25) is 0 Å². The number of amides is 2. The van der Waals surface area contributed by atoms with Gasteiger partial charge in [0.15, 0.2) is 0 Å². The Kier molecular flexibility index (Phi) is 3.13. The van der Waals surface area contributed by atoms with Gasteiger partial charge in [0, 0.05) is 6.54 Å². The van der Waals surface area contributed by atoms with Crippen LogP contribution >= 0.6 is 0 Å². The van der Waals surface area contributed by atoms with Crippen molar-refractivity contribution < 1.29 is 19.4 Å². The standard InChI is InChI=1S/C11H12N2O4/c14-8-3-1-7(2-4-8)6-17-11(16)13-9-5-12-10(9)15/h1-4,9,14H,5-6H2,(H,12,15)(H,13,16)/t9-/m0/s1. The lowest BCUT2D eigenvalue weighted by Crippen LogP contribution is -2.61. The summed E-state index contributed by atoms with van der Waals surface area (Å²) in [4.78, 5) is 22.1. The van der Waals surface area contributed by atoms with Crippen LogP contribution in [0, 0.1) is 0 Å². The van der Waals surface area contributed by atoms with E-state index in [0.29, 0.717) is 6.54 Å². The van der Waals surface area contributed by atoms with Gasteiger partial charge in [-0.3, -0.25) is 4.79 Å². The van der Waals surface area contributed by atoms with Crippen molar-refractivity contribution in [1.82, 2.24) is 10.6 Å². The van der Waals surface area contributed by atoms with Crippen LogP contribution in [0.25, 0.3) is 0 Å². The molecule has 2 rings (SSSR count). The molecule has 3 N–H and O–H groups in total. The van der Waals surface area contributed by atoms with Crippen LogP contribution in [-0.2, 0) is 16.1 Å². The molecule has 1 fully saturated rings. The van der Waals surface area contributed by atoms with Crippen molar-refractivity contribution in [1.29, 1.82) is 0 Å². The van der Waals surface area contributed by atoms with E-state index < -0.39 is 12.1 Å². The van der Waals surface area contributed by atoms with Gasteiger partial charge in [-0.25, -0.2) is 4.79 Å². The summed E-state index contributed by atoms with van der Waals surface area (Å²) < 4.78 is 4.91. The summed E-state index contributed by atoms with van der Waals surface area (Å²) in [6.07, 6.45) is -0.627. The van der Waals surface area contributed by atoms with Crippen LogP contribution in [0.15, 0.2) is 24.3 Å². The van der Waals surface area contributed by atoms with Gasteiger partial charge in [0.1, 0.15) is 18.4 Å². The molecule has 1 heterocycles. The summed E-state index contributed by atoms with van der Waals surface area (Å²) >= 11 is 0. The summed E-state index contributed by atoms with van der Waals surface area (Å²) in [5.41, 5.74) is 0.760. The van der Waals surface area contributed by atoms with Crippen LogP contribution in [0.1, 0.15) is 5.56 Å². The number of β-lactam (4-membered cyclic amide) rings is 1. The van der Waals surface area contributed by atoms with E-state index in [2.05, 4.69) is 10.6 Å². The van der Waals surface area contributed by atoms with Crippen LogP contribution < -0.4 is 10.6 Å². The zero-order valence-corrected chi connectivity index (χ0v) is 8.97. The maximum absolute atomic E-state index is 11.3. The molecule has 90 valence electrons. The predicted octanol–water partition coefficient (Wildman–Crippen LogP) is 0.117. The molecule has 0 aliphatic carbocycles. The maximum Gasteiger partial charge on any atom is 0.408 e. The van der Waals surface area contributed by atoms with Gasteiger partial charge in [-0.1, -0.05) is 12.1 Å². The minimum absolute atomic E-state index is 0.0977. The molecule has 0 unspecified atom stereocenters. The fourth-order valence-electron chi connectivity index (χ4n) is 1.33. The van der Waals surface area contributed by atoms with Gasteiger partial charge in [-0.15, -0.1) is 0 Å². The molecular weight excluding hydrogens is 224 g/mol. The minimum atomic E-state index is -0.627. The number of carbonyl (C=O) groups is 2. The van der Waals surface area contributed by atoms with E-state index in [1.54, 1.807) is 12.1 Å². The molecule has 0 saturated carbocycles. The Hall–Kier alpha value is -2.24. The second kappa shape index (κ2) is 4.73. The molecule has 6 nitrogen and oxygen atoms in total. The Balaban J connectivity index is 1.76. The number of phenolic OH excluding ortho intramolecular Hbond substituents is 1. The van der Waals surface area contributed by atoms with Gasteiger partial charge in [0.2, 0.25) is 5.91 Å². The number of benzene rings is 1. The van der Waals surface area contributed by atoms with Crippen LogP contribution in [0.5, 0.6) is 5.75 Å². The molecule has 1 aromatic rings. The number of carbonyl (C=O) groups excluding carboxylic acids is 2. The van der Waals surface area contributed by atoms with Gasteiger partial charge in [-0.05, 0) is 17.7 Å². The number of rotatable bonds is 3. The summed E-state index contributed by atoms with van der Waals surface area (Å²) in [5.74, 6) is -0.0454. The average molecular weight is 236 g/mol. The van der Waals surface area contributed by atoms with Gasteiger partial charge in [0.25, 0.3) is 0 Å². The highest BCUT2D eigenvalue weighted by Gasteiger charge is 2.29. The van der Waals surface area contributed by atoms with Crippen LogP contribution in [0.3, 0.4) is 0 Å². The zero-order valence-electron chi connectivity index (χ0n) is 8.97. The fourth-order valence-corrected chi connectivity index (χ4v) is 1.33. The number of aromatic hydroxyl groups is 1. The largest absolute Gasteiger partial charge is 0.508 e. The molecular formula is C11H12N2O4. The number of ether oxygens (including phenoxy) is 1. The van der Waals surface area contributed by atoms with E-state index in [4.69, 9.17) is 9.84 Å². The van der Waals surface area contributed by atoms with Crippen molar-refractivity contribution in [2.45, 2.75) is 12.6 Å². The topological polar surface area (TPSA) is 87.7 Å². The highest BCUT2D eigenvalue weighted by atomic mass is 16.5. The van der Waals surface area contributed by atoms with Crippen molar-refractivity contribution in [3.05, 3.63) is 29.8 Å².